The fourth-order valence-electron chi connectivity index (χ4n) is 3.19. The Morgan fingerprint density at radius 1 is 0.909 bits per heavy atom. The van der Waals surface area contributed by atoms with E-state index in [1.807, 2.05) is 43.3 Å². The molecule has 3 rings (SSSR count). The molecule has 0 atom stereocenters. The molecule has 0 spiro atoms. The van der Waals surface area contributed by atoms with Crippen LogP contribution < -0.4 is 9.04 Å². The molecule has 0 bridgehead atoms. The average molecular weight is 464 g/mol. The van der Waals surface area contributed by atoms with Gasteiger partial charge in [0.15, 0.2) is 0 Å². The number of rotatable bonds is 10. The third-order valence-corrected chi connectivity index (χ3v) is 6.87. The van der Waals surface area contributed by atoms with Crippen LogP contribution in [0.15, 0.2) is 89.8 Å². The second-order valence-electron chi connectivity index (χ2n) is 7.55. The first-order valence-electron chi connectivity index (χ1n) is 11.1. The quantitative estimate of drug-likeness (QED) is 0.279. The molecule has 6 heteroatoms. The fraction of sp³-hybridized carbons (Fsp3) is 0.222. The van der Waals surface area contributed by atoms with E-state index in [9.17, 15) is 13.2 Å². The predicted molar refractivity (Wildman–Crippen MR) is 133 cm³/mol. The Morgan fingerprint density at radius 3 is 2.18 bits per heavy atom. The Morgan fingerprint density at radius 2 is 1.58 bits per heavy atom. The van der Waals surface area contributed by atoms with Gasteiger partial charge in [-0.2, -0.15) is 4.31 Å². The van der Waals surface area contributed by atoms with Crippen molar-refractivity contribution in [3.63, 3.8) is 0 Å². The third kappa shape index (κ3) is 6.33. The van der Waals surface area contributed by atoms with E-state index in [4.69, 9.17) is 4.74 Å². The number of aryl methyl sites for hydroxylation is 1. The standard InChI is InChI=1S/C27H29NO4S/c1-3-5-21-32-25-18-13-23(14-19-25)15-20-27(29)28(24-16-11-22(4-2)12-17-24)33(30,31)26-9-7-6-8-10-26/h6-20H,3-5,21H2,1-2H3/b20-15+. The van der Waals surface area contributed by atoms with E-state index in [-0.39, 0.29) is 4.90 Å². The normalized spacial score (nSPS) is 11.5. The van der Waals surface area contributed by atoms with Crippen LogP contribution in [0.4, 0.5) is 5.69 Å². The van der Waals surface area contributed by atoms with Crippen LogP contribution in [0.3, 0.4) is 0 Å². The molecule has 0 saturated heterocycles. The van der Waals surface area contributed by atoms with Gasteiger partial charge in [0.1, 0.15) is 5.75 Å². The van der Waals surface area contributed by atoms with E-state index in [0.29, 0.717) is 12.3 Å². The lowest BCUT2D eigenvalue weighted by molar-refractivity contribution is -0.113. The molecule has 0 N–H and O–H groups in total. The van der Waals surface area contributed by atoms with Gasteiger partial charge in [-0.15, -0.1) is 0 Å². The molecule has 3 aromatic carbocycles. The maximum atomic E-state index is 13.4. The molecule has 0 aliphatic carbocycles. The first-order chi connectivity index (χ1) is 16.0. The summed E-state index contributed by atoms with van der Waals surface area (Å²) in [5.74, 6) is 0.114. The summed E-state index contributed by atoms with van der Waals surface area (Å²) in [5.41, 5.74) is 2.12. The molecule has 0 unspecified atom stereocenters. The first-order valence-corrected chi connectivity index (χ1v) is 12.5. The number of ether oxygens (including phenoxy) is 1. The van der Waals surface area contributed by atoms with Gasteiger partial charge in [-0.1, -0.05) is 62.7 Å². The van der Waals surface area contributed by atoms with Crippen LogP contribution in [0.1, 0.15) is 37.8 Å². The SMILES string of the molecule is CCCCOc1ccc(/C=C/C(=O)N(c2ccc(CC)cc2)S(=O)(=O)c2ccccc2)cc1. The molecule has 3 aromatic rings. The smallest absolute Gasteiger partial charge is 0.271 e. The number of carbonyl (C=O) groups is 1. The van der Waals surface area contributed by atoms with Gasteiger partial charge in [-0.25, -0.2) is 8.42 Å². The van der Waals surface area contributed by atoms with Crippen molar-refractivity contribution in [1.82, 2.24) is 0 Å². The number of nitrogens with zero attached hydrogens (tertiary/aromatic N) is 1. The maximum Gasteiger partial charge on any atom is 0.271 e. The lowest BCUT2D eigenvalue weighted by atomic mass is 10.1. The monoisotopic (exact) mass is 463 g/mol. The summed E-state index contributed by atoms with van der Waals surface area (Å²) in [7, 11) is -4.08. The highest BCUT2D eigenvalue weighted by atomic mass is 32.2. The van der Waals surface area contributed by atoms with E-state index in [1.54, 1.807) is 36.4 Å². The van der Waals surface area contributed by atoms with Crippen LogP contribution in [-0.4, -0.2) is 20.9 Å². The van der Waals surface area contributed by atoms with Gasteiger partial charge < -0.3 is 4.74 Å². The largest absolute Gasteiger partial charge is 0.494 e. The molecular formula is C27H29NO4S. The summed E-state index contributed by atoms with van der Waals surface area (Å²) in [5, 5.41) is 0. The van der Waals surface area contributed by atoms with Gasteiger partial charge in [0, 0.05) is 6.08 Å². The van der Waals surface area contributed by atoms with Crippen molar-refractivity contribution >= 4 is 27.7 Å². The second kappa shape index (κ2) is 11.5. The van der Waals surface area contributed by atoms with Crippen LogP contribution in [0, 0.1) is 0 Å². The molecular weight excluding hydrogens is 434 g/mol. The molecule has 0 aromatic heterocycles. The predicted octanol–water partition coefficient (Wildman–Crippen LogP) is 5.86. The Labute approximate surface area is 196 Å². The van der Waals surface area contributed by atoms with Crippen molar-refractivity contribution in [3.8, 4) is 5.75 Å². The Hall–Kier alpha value is -3.38. The molecule has 0 radical (unpaired) electrons. The molecule has 33 heavy (non-hydrogen) atoms. The molecule has 172 valence electrons. The summed E-state index contributed by atoms with van der Waals surface area (Å²) in [6, 6.07) is 22.3. The molecule has 0 heterocycles. The number of sulfonamides is 1. The van der Waals surface area contributed by atoms with Crippen LogP contribution in [0.2, 0.25) is 0 Å². The van der Waals surface area contributed by atoms with Crippen LogP contribution >= 0.6 is 0 Å². The Kier molecular flexibility index (Phi) is 8.44. The van der Waals surface area contributed by atoms with Crippen molar-refractivity contribution < 1.29 is 17.9 Å². The van der Waals surface area contributed by atoms with Crippen molar-refractivity contribution in [3.05, 3.63) is 96.1 Å². The Balaban J connectivity index is 1.87. The highest BCUT2D eigenvalue weighted by Crippen LogP contribution is 2.25. The number of unbranched alkanes of at least 4 members (excludes halogenated alkanes) is 1. The van der Waals surface area contributed by atoms with Gasteiger partial charge in [-0.3, -0.25) is 4.79 Å². The van der Waals surface area contributed by atoms with Gasteiger partial charge in [0.2, 0.25) is 0 Å². The summed E-state index contributed by atoms with van der Waals surface area (Å²) in [6.45, 7) is 4.78. The van der Waals surface area contributed by atoms with Crippen LogP contribution in [0.5, 0.6) is 5.75 Å². The number of benzene rings is 3. The zero-order valence-electron chi connectivity index (χ0n) is 19.0. The minimum absolute atomic E-state index is 0.0555. The van der Waals surface area contributed by atoms with Gasteiger partial charge >= 0.3 is 0 Å². The second-order valence-corrected chi connectivity index (χ2v) is 9.33. The van der Waals surface area contributed by atoms with Crippen molar-refractivity contribution in [2.24, 2.45) is 0 Å². The molecule has 1 amide bonds. The van der Waals surface area contributed by atoms with Gasteiger partial charge in [0.25, 0.3) is 15.9 Å². The van der Waals surface area contributed by atoms with Crippen LogP contribution in [0.25, 0.3) is 6.08 Å². The first kappa shape index (κ1) is 24.3. The minimum Gasteiger partial charge on any atom is -0.494 e. The number of hydrogen-bond donors (Lipinski definition) is 0. The molecule has 0 aliphatic heterocycles. The van der Waals surface area contributed by atoms with Crippen molar-refractivity contribution in [2.75, 3.05) is 10.9 Å². The van der Waals surface area contributed by atoms with E-state index < -0.39 is 15.9 Å². The molecule has 0 fully saturated rings. The lowest BCUT2D eigenvalue weighted by Gasteiger charge is -2.21. The Bertz CT molecular complexity index is 1170. The van der Waals surface area contributed by atoms with E-state index in [1.165, 1.54) is 18.2 Å². The average Bonchev–Trinajstić information content (AvgIpc) is 2.84. The third-order valence-electron chi connectivity index (χ3n) is 5.13. The molecule has 0 saturated carbocycles. The summed E-state index contributed by atoms with van der Waals surface area (Å²) < 4.78 is 33.2. The topological polar surface area (TPSA) is 63.7 Å². The van der Waals surface area contributed by atoms with E-state index >= 15 is 0 Å². The number of amides is 1. The van der Waals surface area contributed by atoms with Crippen molar-refractivity contribution in [2.45, 2.75) is 38.0 Å². The van der Waals surface area contributed by atoms with Gasteiger partial charge in [-0.05, 0) is 66.4 Å². The highest BCUT2D eigenvalue weighted by molar-refractivity contribution is 7.93. The van der Waals surface area contributed by atoms with Crippen LogP contribution in [-0.2, 0) is 21.2 Å². The highest BCUT2D eigenvalue weighted by Gasteiger charge is 2.29. The zero-order valence-corrected chi connectivity index (χ0v) is 19.8. The summed E-state index contributed by atoms with van der Waals surface area (Å²) in [6.07, 6.45) is 5.75. The van der Waals surface area contributed by atoms with E-state index in [0.717, 1.165) is 40.4 Å². The maximum absolute atomic E-state index is 13.4. The van der Waals surface area contributed by atoms with Gasteiger partial charge in [0.05, 0.1) is 17.2 Å². The van der Waals surface area contributed by atoms with E-state index in [2.05, 4.69) is 6.92 Å². The zero-order chi connectivity index (χ0) is 23.7. The molecule has 5 nitrogen and oxygen atoms in total. The summed E-state index contributed by atoms with van der Waals surface area (Å²) in [4.78, 5) is 13.2. The molecule has 0 aliphatic rings. The number of hydrogen-bond acceptors (Lipinski definition) is 4. The lowest BCUT2D eigenvalue weighted by Crippen LogP contribution is -2.35. The minimum atomic E-state index is -4.08. The number of anilines is 1. The summed E-state index contributed by atoms with van der Waals surface area (Å²) >= 11 is 0. The number of carbonyl (C=O) groups excluding carboxylic acids is 1. The fourth-order valence-corrected chi connectivity index (χ4v) is 4.60. The van der Waals surface area contributed by atoms with Crippen molar-refractivity contribution in [1.29, 1.82) is 0 Å².